The molecule has 0 aliphatic heterocycles. The predicted octanol–water partition coefficient (Wildman–Crippen LogP) is 2.28. The van der Waals surface area contributed by atoms with Crippen molar-refractivity contribution in [2.24, 2.45) is 5.92 Å². The lowest BCUT2D eigenvalue weighted by Crippen LogP contribution is -2.36. The Labute approximate surface area is 131 Å². The van der Waals surface area contributed by atoms with Crippen molar-refractivity contribution in [3.8, 4) is 5.75 Å². The van der Waals surface area contributed by atoms with Crippen LogP contribution < -0.4 is 10.1 Å². The van der Waals surface area contributed by atoms with E-state index in [-0.39, 0.29) is 18.6 Å². The van der Waals surface area contributed by atoms with Crippen molar-refractivity contribution >= 4 is 27.8 Å². The van der Waals surface area contributed by atoms with E-state index in [9.17, 15) is 9.59 Å². The molecule has 2 N–H and O–H groups in total. The zero-order valence-corrected chi connectivity index (χ0v) is 13.1. The van der Waals surface area contributed by atoms with E-state index in [0.717, 1.165) is 10.0 Å². The fourth-order valence-corrected chi connectivity index (χ4v) is 2.71. The zero-order valence-electron chi connectivity index (χ0n) is 11.5. The molecule has 0 spiro atoms. The molecule has 1 aromatic rings. The Morgan fingerprint density at radius 2 is 2.19 bits per heavy atom. The maximum absolute atomic E-state index is 11.8. The highest BCUT2D eigenvalue weighted by Crippen LogP contribution is 2.25. The number of carboxylic acid groups (broad SMARTS) is 1. The molecule has 21 heavy (non-hydrogen) atoms. The van der Waals surface area contributed by atoms with Gasteiger partial charge in [-0.2, -0.15) is 0 Å². The highest BCUT2D eigenvalue weighted by molar-refractivity contribution is 9.10. The number of hydrogen-bond acceptors (Lipinski definition) is 3. The number of aryl methyl sites for hydroxylation is 1. The summed E-state index contributed by atoms with van der Waals surface area (Å²) in [4.78, 5) is 22.6. The number of amides is 1. The normalized spacial score (nSPS) is 20.3. The second-order valence-corrected chi connectivity index (χ2v) is 5.82. The molecule has 0 radical (unpaired) electrons. The molecule has 0 saturated carbocycles. The monoisotopic (exact) mass is 353 g/mol. The Morgan fingerprint density at radius 3 is 2.81 bits per heavy atom. The minimum Gasteiger partial charge on any atom is -0.483 e. The maximum atomic E-state index is 11.8. The topological polar surface area (TPSA) is 75.6 Å². The highest BCUT2D eigenvalue weighted by Gasteiger charge is 2.25. The van der Waals surface area contributed by atoms with Crippen LogP contribution in [0.15, 0.2) is 34.8 Å². The minimum absolute atomic E-state index is 0.107. The molecule has 2 rings (SSSR count). The van der Waals surface area contributed by atoms with E-state index >= 15 is 0 Å². The average molecular weight is 354 g/mol. The van der Waals surface area contributed by atoms with Crippen molar-refractivity contribution in [3.63, 3.8) is 0 Å². The molecule has 1 aliphatic carbocycles. The summed E-state index contributed by atoms with van der Waals surface area (Å²) in [6.07, 6.45) is 3.69. The van der Waals surface area contributed by atoms with Crippen LogP contribution in [-0.4, -0.2) is 29.6 Å². The largest absolute Gasteiger partial charge is 0.483 e. The van der Waals surface area contributed by atoms with Crippen LogP contribution in [-0.2, 0) is 9.59 Å². The fraction of sp³-hybridized carbons (Fsp3) is 0.333. The number of aliphatic carboxylic acids is 1. The first-order valence-electron chi connectivity index (χ1n) is 6.55. The molecule has 2 unspecified atom stereocenters. The van der Waals surface area contributed by atoms with Gasteiger partial charge in [0.05, 0.1) is 10.4 Å². The van der Waals surface area contributed by atoms with Crippen LogP contribution in [0.25, 0.3) is 0 Å². The molecule has 0 fully saturated rings. The van der Waals surface area contributed by atoms with E-state index in [1.807, 2.05) is 19.1 Å². The van der Waals surface area contributed by atoms with Crippen molar-refractivity contribution in [1.29, 1.82) is 0 Å². The molecule has 0 bridgehead atoms. The van der Waals surface area contributed by atoms with E-state index < -0.39 is 11.9 Å². The lowest BCUT2D eigenvalue weighted by atomic mass is 10.1. The minimum atomic E-state index is -0.872. The number of benzene rings is 1. The van der Waals surface area contributed by atoms with Gasteiger partial charge in [0, 0.05) is 6.04 Å². The molecule has 0 saturated heterocycles. The summed E-state index contributed by atoms with van der Waals surface area (Å²) in [6, 6.07) is 5.35. The van der Waals surface area contributed by atoms with Crippen LogP contribution in [0.1, 0.15) is 12.0 Å². The summed E-state index contributed by atoms with van der Waals surface area (Å²) in [5.74, 6) is -1.07. The molecule has 1 amide bonds. The van der Waals surface area contributed by atoms with Gasteiger partial charge in [-0.05, 0) is 47.0 Å². The Hall–Kier alpha value is -1.82. The van der Waals surface area contributed by atoms with Crippen LogP contribution in [0.4, 0.5) is 0 Å². The van der Waals surface area contributed by atoms with Crippen LogP contribution >= 0.6 is 15.9 Å². The number of nitrogens with one attached hydrogen (secondary N) is 1. The van der Waals surface area contributed by atoms with Crippen molar-refractivity contribution in [3.05, 3.63) is 40.4 Å². The Kier molecular flexibility index (Phi) is 5.01. The second-order valence-electron chi connectivity index (χ2n) is 4.96. The average Bonchev–Trinajstić information content (AvgIpc) is 2.86. The lowest BCUT2D eigenvalue weighted by Gasteiger charge is -2.13. The summed E-state index contributed by atoms with van der Waals surface area (Å²) in [5.41, 5.74) is 1.09. The Balaban J connectivity index is 1.81. The number of halogens is 1. The summed E-state index contributed by atoms with van der Waals surface area (Å²) < 4.78 is 6.23. The third kappa shape index (κ3) is 4.32. The second kappa shape index (κ2) is 6.76. The number of ether oxygens (including phenoxy) is 1. The molecule has 6 heteroatoms. The van der Waals surface area contributed by atoms with E-state index in [0.29, 0.717) is 12.2 Å². The van der Waals surface area contributed by atoms with Gasteiger partial charge in [-0.3, -0.25) is 9.59 Å². The molecule has 0 aromatic heterocycles. The number of carboxylic acids is 1. The third-order valence-electron chi connectivity index (χ3n) is 3.19. The molecule has 1 aliphatic rings. The third-order valence-corrected chi connectivity index (χ3v) is 3.81. The van der Waals surface area contributed by atoms with Gasteiger partial charge < -0.3 is 15.2 Å². The van der Waals surface area contributed by atoms with Gasteiger partial charge in [-0.1, -0.05) is 18.2 Å². The van der Waals surface area contributed by atoms with Gasteiger partial charge in [-0.15, -0.1) is 0 Å². The van der Waals surface area contributed by atoms with E-state index in [1.54, 1.807) is 18.2 Å². The number of carbonyl (C=O) groups excluding carboxylic acids is 1. The standard InChI is InChI=1S/C15H16BrNO4/c1-9-2-5-13(12(16)6-9)21-8-14(18)17-11-4-3-10(7-11)15(19)20/h2-6,10-11H,7-8H2,1H3,(H,17,18)(H,19,20). The van der Waals surface area contributed by atoms with E-state index in [2.05, 4.69) is 21.2 Å². The first-order valence-corrected chi connectivity index (χ1v) is 7.34. The molecular weight excluding hydrogens is 338 g/mol. The smallest absolute Gasteiger partial charge is 0.310 e. The van der Waals surface area contributed by atoms with Gasteiger partial charge in [0.1, 0.15) is 5.75 Å². The van der Waals surface area contributed by atoms with Crippen molar-refractivity contribution < 1.29 is 19.4 Å². The Morgan fingerprint density at radius 1 is 1.43 bits per heavy atom. The molecule has 0 heterocycles. The summed E-state index contributed by atoms with van der Waals surface area (Å²) in [5, 5.41) is 11.6. The molecule has 112 valence electrons. The highest BCUT2D eigenvalue weighted by atomic mass is 79.9. The van der Waals surface area contributed by atoms with Gasteiger partial charge in [0.25, 0.3) is 5.91 Å². The van der Waals surface area contributed by atoms with Crippen molar-refractivity contribution in [2.45, 2.75) is 19.4 Å². The zero-order chi connectivity index (χ0) is 15.4. The predicted molar refractivity (Wildman–Crippen MR) is 81.2 cm³/mol. The van der Waals surface area contributed by atoms with Crippen LogP contribution in [0, 0.1) is 12.8 Å². The van der Waals surface area contributed by atoms with Crippen molar-refractivity contribution in [2.75, 3.05) is 6.61 Å². The van der Waals surface area contributed by atoms with Gasteiger partial charge in [0.2, 0.25) is 0 Å². The quantitative estimate of drug-likeness (QED) is 0.796. The lowest BCUT2D eigenvalue weighted by molar-refractivity contribution is -0.140. The fourth-order valence-electron chi connectivity index (χ4n) is 2.10. The maximum Gasteiger partial charge on any atom is 0.310 e. The van der Waals surface area contributed by atoms with E-state index in [1.165, 1.54) is 0 Å². The summed E-state index contributed by atoms with van der Waals surface area (Å²) in [7, 11) is 0. The number of carbonyl (C=O) groups is 2. The van der Waals surface area contributed by atoms with Gasteiger partial charge >= 0.3 is 5.97 Å². The number of rotatable bonds is 5. The van der Waals surface area contributed by atoms with Crippen LogP contribution in [0.2, 0.25) is 0 Å². The van der Waals surface area contributed by atoms with Gasteiger partial charge in [-0.25, -0.2) is 0 Å². The Bertz CT molecular complexity index is 585. The van der Waals surface area contributed by atoms with Gasteiger partial charge in [0.15, 0.2) is 6.61 Å². The van der Waals surface area contributed by atoms with Crippen molar-refractivity contribution in [1.82, 2.24) is 5.32 Å². The summed E-state index contributed by atoms with van der Waals surface area (Å²) in [6.45, 7) is 1.86. The SMILES string of the molecule is Cc1ccc(OCC(=O)NC2C=CC(C(=O)O)C2)c(Br)c1. The molecule has 5 nitrogen and oxygen atoms in total. The molecule has 2 atom stereocenters. The molecule has 1 aromatic carbocycles. The molecular formula is C15H16BrNO4. The first-order chi connectivity index (χ1) is 9.95. The van der Waals surface area contributed by atoms with Crippen LogP contribution in [0.5, 0.6) is 5.75 Å². The van der Waals surface area contributed by atoms with Crippen LogP contribution in [0.3, 0.4) is 0 Å². The van der Waals surface area contributed by atoms with E-state index in [4.69, 9.17) is 9.84 Å². The number of hydrogen-bond donors (Lipinski definition) is 2. The first kappa shape index (κ1) is 15.6. The summed E-state index contributed by atoms with van der Waals surface area (Å²) >= 11 is 3.38.